The number of hydrogen-bond donors (Lipinski definition) is 2. The first-order valence-electron chi connectivity index (χ1n) is 9.07. The van der Waals surface area contributed by atoms with Crippen LogP contribution in [0.5, 0.6) is 5.75 Å². The molecule has 2 N–H and O–H groups in total. The molecular formula is C24H23NO3. The first kappa shape index (κ1) is 19.2. The van der Waals surface area contributed by atoms with Gasteiger partial charge >= 0.3 is 5.97 Å². The quantitative estimate of drug-likeness (QED) is 0.540. The Balaban J connectivity index is 1.99. The molecule has 0 amide bonds. The van der Waals surface area contributed by atoms with Crippen LogP contribution < -0.4 is 10.1 Å². The van der Waals surface area contributed by atoms with Crippen molar-refractivity contribution in [3.05, 3.63) is 89.5 Å². The van der Waals surface area contributed by atoms with Crippen LogP contribution in [-0.4, -0.2) is 18.1 Å². The molecule has 0 atom stereocenters. The minimum Gasteiger partial charge on any atom is -0.488 e. The number of hydrogen-bond acceptors (Lipinski definition) is 3. The second-order valence-electron chi connectivity index (χ2n) is 6.49. The van der Waals surface area contributed by atoms with E-state index in [9.17, 15) is 4.79 Å². The van der Waals surface area contributed by atoms with Crippen LogP contribution in [0.1, 0.15) is 18.1 Å². The van der Waals surface area contributed by atoms with Crippen molar-refractivity contribution in [3.8, 4) is 16.9 Å². The summed E-state index contributed by atoms with van der Waals surface area (Å²) in [6.07, 6.45) is 1.64. The van der Waals surface area contributed by atoms with Crippen molar-refractivity contribution >= 4 is 17.7 Å². The fraction of sp³-hybridized carbons (Fsp3) is 0.125. The molecule has 0 spiro atoms. The van der Waals surface area contributed by atoms with E-state index in [4.69, 9.17) is 9.84 Å². The average molecular weight is 373 g/mol. The number of rotatable bonds is 7. The number of carboxylic acid groups (broad SMARTS) is 1. The maximum Gasteiger partial charge on any atom is 0.331 e. The number of ether oxygens (including phenoxy) is 1. The lowest BCUT2D eigenvalue weighted by Gasteiger charge is -2.14. The van der Waals surface area contributed by atoms with Gasteiger partial charge in [-0.3, -0.25) is 0 Å². The molecule has 0 aromatic heterocycles. The maximum absolute atomic E-state index is 11.2. The number of benzene rings is 3. The van der Waals surface area contributed by atoms with Crippen LogP contribution in [0.25, 0.3) is 17.2 Å². The zero-order valence-corrected chi connectivity index (χ0v) is 16.0. The fourth-order valence-corrected chi connectivity index (χ4v) is 2.88. The van der Waals surface area contributed by atoms with Crippen molar-refractivity contribution < 1.29 is 14.6 Å². The van der Waals surface area contributed by atoms with Gasteiger partial charge in [0.1, 0.15) is 12.4 Å². The number of carbonyl (C=O) groups is 1. The number of nitrogens with one attached hydrogen (secondary N) is 1. The van der Waals surface area contributed by atoms with Crippen molar-refractivity contribution in [1.82, 2.24) is 0 Å². The highest BCUT2D eigenvalue weighted by Gasteiger charge is 2.10. The highest BCUT2D eigenvalue weighted by molar-refractivity contribution is 5.91. The van der Waals surface area contributed by atoms with Crippen molar-refractivity contribution in [2.24, 2.45) is 0 Å². The average Bonchev–Trinajstić information content (AvgIpc) is 2.73. The number of aliphatic carboxylic acids is 1. The van der Waals surface area contributed by atoms with Crippen molar-refractivity contribution in [1.29, 1.82) is 0 Å². The number of carboxylic acids is 1. The molecule has 3 rings (SSSR count). The minimum absolute atomic E-state index is 0.277. The first-order valence-corrected chi connectivity index (χ1v) is 9.07. The zero-order chi connectivity index (χ0) is 19.9. The van der Waals surface area contributed by atoms with E-state index in [0.717, 1.165) is 27.9 Å². The van der Waals surface area contributed by atoms with Gasteiger partial charge in [-0.05, 0) is 47.9 Å². The maximum atomic E-state index is 11.2. The van der Waals surface area contributed by atoms with Gasteiger partial charge in [-0.2, -0.15) is 0 Å². The SMILES string of the molecule is CNc1cccc(-c2ccc(C=C(C)C(=O)O)cc2OCc2ccccc2)c1. The van der Waals surface area contributed by atoms with E-state index in [0.29, 0.717) is 12.4 Å². The van der Waals surface area contributed by atoms with Crippen molar-refractivity contribution in [2.45, 2.75) is 13.5 Å². The summed E-state index contributed by atoms with van der Waals surface area (Å²) in [7, 11) is 1.88. The molecule has 0 aliphatic carbocycles. The molecule has 0 bridgehead atoms. The summed E-state index contributed by atoms with van der Waals surface area (Å²) in [5.41, 5.74) is 5.13. The molecule has 4 heteroatoms. The fourth-order valence-electron chi connectivity index (χ4n) is 2.88. The van der Waals surface area contributed by atoms with Gasteiger partial charge in [0.05, 0.1) is 0 Å². The Bertz CT molecular complexity index is 994. The van der Waals surface area contributed by atoms with Gasteiger partial charge in [-0.25, -0.2) is 4.79 Å². The standard InChI is InChI=1S/C24H23NO3/c1-17(24(26)27)13-19-11-12-22(20-9-6-10-21(15-20)25-2)23(14-19)28-16-18-7-4-3-5-8-18/h3-15,25H,16H2,1-2H3,(H,26,27). The second-order valence-corrected chi connectivity index (χ2v) is 6.49. The van der Waals surface area contributed by atoms with E-state index >= 15 is 0 Å². The smallest absolute Gasteiger partial charge is 0.331 e. The van der Waals surface area contributed by atoms with Gasteiger partial charge in [0.25, 0.3) is 0 Å². The van der Waals surface area contributed by atoms with E-state index < -0.39 is 5.97 Å². The predicted octanol–water partition coefficient (Wildman–Crippen LogP) is 5.46. The summed E-state index contributed by atoms with van der Waals surface area (Å²) in [6, 6.07) is 23.8. The number of anilines is 1. The Morgan fingerprint density at radius 2 is 1.82 bits per heavy atom. The minimum atomic E-state index is -0.933. The van der Waals surface area contributed by atoms with Gasteiger partial charge in [0.2, 0.25) is 0 Å². The largest absolute Gasteiger partial charge is 0.488 e. The lowest BCUT2D eigenvalue weighted by molar-refractivity contribution is -0.132. The monoisotopic (exact) mass is 373 g/mol. The Hall–Kier alpha value is -3.53. The Morgan fingerprint density at radius 3 is 2.54 bits per heavy atom. The lowest BCUT2D eigenvalue weighted by atomic mass is 10.0. The normalized spacial score (nSPS) is 11.1. The summed E-state index contributed by atoms with van der Waals surface area (Å²) < 4.78 is 6.14. The first-order chi connectivity index (χ1) is 13.6. The Kier molecular flexibility index (Phi) is 6.12. The van der Waals surface area contributed by atoms with Gasteiger partial charge in [0, 0.05) is 23.9 Å². The molecule has 28 heavy (non-hydrogen) atoms. The Morgan fingerprint density at radius 1 is 1.04 bits per heavy atom. The third-order valence-corrected chi connectivity index (χ3v) is 4.43. The molecule has 4 nitrogen and oxygen atoms in total. The molecule has 3 aromatic carbocycles. The molecule has 0 heterocycles. The van der Waals surface area contributed by atoms with Crippen molar-refractivity contribution in [2.75, 3.05) is 12.4 Å². The van der Waals surface area contributed by atoms with Crippen LogP contribution in [0, 0.1) is 0 Å². The highest BCUT2D eigenvalue weighted by atomic mass is 16.5. The second kappa shape index (κ2) is 8.91. The summed E-state index contributed by atoms with van der Waals surface area (Å²) in [6.45, 7) is 2.02. The third kappa shape index (κ3) is 4.80. The van der Waals surface area contributed by atoms with Gasteiger partial charge in [-0.1, -0.05) is 54.6 Å². The van der Waals surface area contributed by atoms with E-state index in [1.54, 1.807) is 13.0 Å². The van der Waals surface area contributed by atoms with Crippen LogP contribution in [0.4, 0.5) is 5.69 Å². The molecule has 0 saturated carbocycles. The molecular weight excluding hydrogens is 350 g/mol. The summed E-state index contributed by atoms with van der Waals surface area (Å²) in [5, 5.41) is 12.3. The van der Waals surface area contributed by atoms with Crippen LogP contribution in [-0.2, 0) is 11.4 Å². The summed E-state index contributed by atoms with van der Waals surface area (Å²) in [5.74, 6) is -0.221. The van der Waals surface area contributed by atoms with Crippen LogP contribution in [0.3, 0.4) is 0 Å². The topological polar surface area (TPSA) is 58.6 Å². The van der Waals surface area contributed by atoms with Gasteiger partial charge in [0.15, 0.2) is 0 Å². The molecule has 3 aromatic rings. The molecule has 142 valence electrons. The zero-order valence-electron chi connectivity index (χ0n) is 16.0. The molecule has 0 radical (unpaired) electrons. The predicted molar refractivity (Wildman–Crippen MR) is 113 cm³/mol. The van der Waals surface area contributed by atoms with Gasteiger partial charge < -0.3 is 15.2 Å². The summed E-state index contributed by atoms with van der Waals surface area (Å²) in [4.78, 5) is 11.2. The van der Waals surface area contributed by atoms with E-state index in [2.05, 4.69) is 11.4 Å². The molecule has 0 fully saturated rings. The van der Waals surface area contributed by atoms with Gasteiger partial charge in [-0.15, -0.1) is 0 Å². The lowest BCUT2D eigenvalue weighted by Crippen LogP contribution is -1.99. The van der Waals surface area contributed by atoms with Crippen molar-refractivity contribution in [3.63, 3.8) is 0 Å². The Labute approximate surface area is 165 Å². The van der Waals surface area contributed by atoms with E-state index in [1.807, 2.05) is 73.8 Å². The van der Waals surface area contributed by atoms with Crippen LogP contribution in [0.2, 0.25) is 0 Å². The molecule has 0 saturated heterocycles. The summed E-state index contributed by atoms with van der Waals surface area (Å²) >= 11 is 0. The highest BCUT2D eigenvalue weighted by Crippen LogP contribution is 2.33. The third-order valence-electron chi connectivity index (χ3n) is 4.43. The van der Waals surface area contributed by atoms with Crippen LogP contribution >= 0.6 is 0 Å². The van der Waals surface area contributed by atoms with Crippen LogP contribution in [0.15, 0.2) is 78.4 Å². The van der Waals surface area contributed by atoms with E-state index in [1.165, 1.54) is 0 Å². The molecule has 0 aliphatic heterocycles. The van der Waals surface area contributed by atoms with E-state index in [-0.39, 0.29) is 5.57 Å². The molecule has 0 unspecified atom stereocenters. The molecule has 0 aliphatic rings.